The molecule has 1 aromatic heterocycles. The Morgan fingerprint density at radius 3 is 2.72 bits per heavy atom. The van der Waals surface area contributed by atoms with Gasteiger partial charge in [-0.25, -0.2) is 4.98 Å². The summed E-state index contributed by atoms with van der Waals surface area (Å²) in [6, 6.07) is 5.91. The van der Waals surface area contributed by atoms with Crippen LogP contribution in [0.15, 0.2) is 18.2 Å². The van der Waals surface area contributed by atoms with Crippen LogP contribution in [0.3, 0.4) is 0 Å². The lowest BCUT2D eigenvalue weighted by Gasteiger charge is -2.07. The largest absolute Gasteiger partial charge is 0.496 e. The molecule has 2 rings (SSSR count). The minimum Gasteiger partial charge on any atom is -0.496 e. The van der Waals surface area contributed by atoms with Gasteiger partial charge in [0.1, 0.15) is 22.4 Å². The standard InChI is InChI=1S/C13H16ClN3O/c1-8-4-5-10(18-3)9(6-8)12-13(14)17(2)11(7-15)16-12/h4-6H,7,15H2,1-3H3. The zero-order valence-electron chi connectivity index (χ0n) is 10.7. The molecule has 96 valence electrons. The van der Waals surface area contributed by atoms with Crippen molar-refractivity contribution in [3.8, 4) is 17.0 Å². The molecule has 2 N–H and O–H groups in total. The number of ether oxygens (including phenoxy) is 1. The third-order valence-electron chi connectivity index (χ3n) is 2.91. The second-order valence-electron chi connectivity index (χ2n) is 4.13. The van der Waals surface area contributed by atoms with E-state index in [1.807, 2.05) is 32.2 Å². The Morgan fingerprint density at radius 2 is 2.17 bits per heavy atom. The normalized spacial score (nSPS) is 10.7. The van der Waals surface area contributed by atoms with E-state index in [1.54, 1.807) is 11.7 Å². The molecule has 18 heavy (non-hydrogen) atoms. The molecule has 0 aliphatic rings. The van der Waals surface area contributed by atoms with Gasteiger partial charge in [-0.15, -0.1) is 0 Å². The number of nitrogens with two attached hydrogens (primary N) is 1. The Hall–Kier alpha value is -1.52. The summed E-state index contributed by atoms with van der Waals surface area (Å²) in [6.45, 7) is 2.37. The summed E-state index contributed by atoms with van der Waals surface area (Å²) in [5.41, 5.74) is 8.36. The summed E-state index contributed by atoms with van der Waals surface area (Å²) in [7, 11) is 3.48. The number of imidazole rings is 1. The highest BCUT2D eigenvalue weighted by Gasteiger charge is 2.17. The van der Waals surface area contributed by atoms with Crippen molar-refractivity contribution in [3.63, 3.8) is 0 Å². The highest BCUT2D eigenvalue weighted by molar-refractivity contribution is 6.32. The molecule has 2 aromatic rings. The summed E-state index contributed by atoms with van der Waals surface area (Å²) in [4.78, 5) is 4.47. The lowest BCUT2D eigenvalue weighted by molar-refractivity contribution is 0.416. The number of hydrogen-bond donors (Lipinski definition) is 1. The molecule has 0 aliphatic carbocycles. The number of benzene rings is 1. The second kappa shape index (κ2) is 5.00. The van der Waals surface area contributed by atoms with E-state index in [-0.39, 0.29) is 0 Å². The lowest BCUT2D eigenvalue weighted by atomic mass is 10.1. The maximum absolute atomic E-state index is 6.30. The van der Waals surface area contributed by atoms with E-state index in [0.29, 0.717) is 17.4 Å². The van der Waals surface area contributed by atoms with Crippen molar-refractivity contribution in [1.29, 1.82) is 0 Å². The molecule has 0 amide bonds. The molecule has 5 heteroatoms. The number of aryl methyl sites for hydroxylation is 1. The van der Waals surface area contributed by atoms with Crippen LogP contribution in [0.2, 0.25) is 5.15 Å². The maximum Gasteiger partial charge on any atom is 0.136 e. The Kier molecular flexibility index (Phi) is 3.59. The first-order valence-corrected chi connectivity index (χ1v) is 6.02. The van der Waals surface area contributed by atoms with Crippen molar-refractivity contribution in [1.82, 2.24) is 9.55 Å². The molecule has 0 spiro atoms. The zero-order chi connectivity index (χ0) is 13.3. The van der Waals surface area contributed by atoms with E-state index in [9.17, 15) is 0 Å². The molecule has 1 heterocycles. The van der Waals surface area contributed by atoms with E-state index in [0.717, 1.165) is 22.7 Å². The topological polar surface area (TPSA) is 53.1 Å². The summed E-state index contributed by atoms with van der Waals surface area (Å²) in [5, 5.41) is 0.569. The van der Waals surface area contributed by atoms with Crippen molar-refractivity contribution in [2.24, 2.45) is 12.8 Å². The first kappa shape index (κ1) is 12.9. The molecule has 0 radical (unpaired) electrons. The van der Waals surface area contributed by atoms with Gasteiger partial charge in [0, 0.05) is 12.6 Å². The fourth-order valence-corrected chi connectivity index (χ4v) is 2.12. The van der Waals surface area contributed by atoms with Crippen LogP contribution >= 0.6 is 11.6 Å². The Balaban J connectivity index is 2.64. The van der Waals surface area contributed by atoms with Crippen LogP contribution in [0.1, 0.15) is 11.4 Å². The van der Waals surface area contributed by atoms with E-state index < -0.39 is 0 Å². The lowest BCUT2D eigenvalue weighted by Crippen LogP contribution is -2.04. The SMILES string of the molecule is COc1ccc(C)cc1-c1nc(CN)n(C)c1Cl. The second-order valence-corrected chi connectivity index (χ2v) is 4.49. The summed E-state index contributed by atoms with van der Waals surface area (Å²) in [6.07, 6.45) is 0. The third kappa shape index (κ3) is 2.09. The van der Waals surface area contributed by atoms with Crippen molar-refractivity contribution >= 4 is 11.6 Å². The van der Waals surface area contributed by atoms with E-state index in [4.69, 9.17) is 22.1 Å². The fraction of sp³-hybridized carbons (Fsp3) is 0.308. The molecule has 0 aliphatic heterocycles. The highest BCUT2D eigenvalue weighted by Crippen LogP contribution is 2.35. The van der Waals surface area contributed by atoms with Crippen LogP contribution in [-0.2, 0) is 13.6 Å². The predicted octanol–water partition coefficient (Wildman–Crippen LogP) is 2.52. The molecule has 0 saturated carbocycles. The van der Waals surface area contributed by atoms with Crippen LogP contribution in [0.4, 0.5) is 0 Å². The fourth-order valence-electron chi connectivity index (χ4n) is 1.88. The number of nitrogens with zero attached hydrogens (tertiary/aromatic N) is 2. The number of hydrogen-bond acceptors (Lipinski definition) is 3. The molecule has 0 atom stereocenters. The monoisotopic (exact) mass is 265 g/mol. The van der Waals surface area contributed by atoms with E-state index in [1.165, 1.54) is 0 Å². The Morgan fingerprint density at radius 1 is 1.44 bits per heavy atom. The smallest absolute Gasteiger partial charge is 0.136 e. The van der Waals surface area contributed by atoms with Gasteiger partial charge in [-0.05, 0) is 19.1 Å². The quantitative estimate of drug-likeness (QED) is 0.928. The predicted molar refractivity (Wildman–Crippen MR) is 72.8 cm³/mol. The van der Waals surface area contributed by atoms with Crippen LogP contribution in [0.5, 0.6) is 5.75 Å². The van der Waals surface area contributed by atoms with Gasteiger partial charge in [-0.2, -0.15) is 0 Å². The molecule has 0 unspecified atom stereocenters. The first-order chi connectivity index (χ1) is 8.58. The third-order valence-corrected chi connectivity index (χ3v) is 3.34. The number of halogens is 1. The molecular formula is C13H16ClN3O. The average molecular weight is 266 g/mol. The zero-order valence-corrected chi connectivity index (χ0v) is 11.5. The van der Waals surface area contributed by atoms with Gasteiger partial charge >= 0.3 is 0 Å². The number of rotatable bonds is 3. The van der Waals surface area contributed by atoms with Gasteiger partial charge in [0.05, 0.1) is 13.7 Å². The molecule has 0 fully saturated rings. The van der Waals surface area contributed by atoms with Crippen LogP contribution in [-0.4, -0.2) is 16.7 Å². The van der Waals surface area contributed by atoms with Crippen LogP contribution in [0, 0.1) is 6.92 Å². The minimum absolute atomic E-state index is 0.352. The van der Waals surface area contributed by atoms with Crippen molar-refractivity contribution in [3.05, 3.63) is 34.7 Å². The van der Waals surface area contributed by atoms with Gasteiger partial charge in [-0.3, -0.25) is 0 Å². The Bertz CT molecular complexity index is 578. The average Bonchev–Trinajstić information content (AvgIpc) is 2.66. The first-order valence-electron chi connectivity index (χ1n) is 5.64. The van der Waals surface area contributed by atoms with E-state index in [2.05, 4.69) is 4.98 Å². The van der Waals surface area contributed by atoms with E-state index >= 15 is 0 Å². The molecule has 4 nitrogen and oxygen atoms in total. The minimum atomic E-state index is 0.352. The number of aromatic nitrogens is 2. The van der Waals surface area contributed by atoms with Gasteiger partial charge in [0.2, 0.25) is 0 Å². The van der Waals surface area contributed by atoms with Gasteiger partial charge in [0.15, 0.2) is 0 Å². The van der Waals surface area contributed by atoms with Gasteiger partial charge in [-0.1, -0.05) is 23.2 Å². The molecule has 0 bridgehead atoms. The molecule has 1 aromatic carbocycles. The Labute approximate surface area is 111 Å². The van der Waals surface area contributed by atoms with Crippen molar-refractivity contribution < 1.29 is 4.74 Å². The van der Waals surface area contributed by atoms with Crippen LogP contribution < -0.4 is 10.5 Å². The van der Waals surface area contributed by atoms with Crippen LogP contribution in [0.25, 0.3) is 11.3 Å². The molecular weight excluding hydrogens is 250 g/mol. The summed E-state index contributed by atoms with van der Waals surface area (Å²) >= 11 is 6.30. The highest BCUT2D eigenvalue weighted by atomic mass is 35.5. The van der Waals surface area contributed by atoms with Crippen molar-refractivity contribution in [2.75, 3.05) is 7.11 Å². The van der Waals surface area contributed by atoms with Gasteiger partial charge in [0.25, 0.3) is 0 Å². The summed E-state index contributed by atoms with van der Waals surface area (Å²) in [5.74, 6) is 1.50. The maximum atomic E-state index is 6.30. The number of methoxy groups -OCH3 is 1. The van der Waals surface area contributed by atoms with Crippen molar-refractivity contribution in [2.45, 2.75) is 13.5 Å². The molecule has 0 saturated heterocycles. The summed E-state index contributed by atoms with van der Waals surface area (Å²) < 4.78 is 7.14. The van der Waals surface area contributed by atoms with Gasteiger partial charge < -0.3 is 15.0 Å².